The van der Waals surface area contributed by atoms with E-state index in [-0.39, 0.29) is 11.1 Å². The molecule has 0 saturated carbocycles. The lowest BCUT2D eigenvalue weighted by atomic mass is 10.0. The number of aliphatic carboxylic acids is 2. The van der Waals surface area contributed by atoms with Crippen LogP contribution in [0, 0.1) is 0 Å². The average molecular weight is 366 g/mol. The van der Waals surface area contributed by atoms with E-state index in [1.54, 1.807) is 24.3 Å². The summed E-state index contributed by atoms with van der Waals surface area (Å²) in [6, 6.07) is 16.7. The van der Waals surface area contributed by atoms with E-state index in [0.717, 1.165) is 5.56 Å². The van der Waals surface area contributed by atoms with Gasteiger partial charge >= 0.3 is 11.9 Å². The smallest absolute Gasteiger partial charge is 0.335 e. The quantitative estimate of drug-likeness (QED) is 0.503. The number of hydrogen-bond donors (Lipinski definition) is 2. The monoisotopic (exact) mass is 366 g/mol. The van der Waals surface area contributed by atoms with Crippen LogP contribution in [-0.2, 0) is 16.2 Å². The average Bonchev–Trinajstić information content (AvgIpc) is 2.67. The molecule has 0 aromatic heterocycles. The summed E-state index contributed by atoms with van der Waals surface area (Å²) in [5, 5.41) is 18.6. The first kappa shape index (κ1) is 20.0. The van der Waals surface area contributed by atoms with Crippen LogP contribution in [0.25, 0.3) is 6.08 Å². The van der Waals surface area contributed by atoms with Crippen LogP contribution < -0.4 is 4.74 Å². The second-order valence-electron chi connectivity index (χ2n) is 5.97. The Balaban J connectivity index is 2.14. The number of carboxylic acid groups (broad SMARTS) is 2. The fraction of sp³-hybridized carbons (Fsp3) is 0.182. The zero-order valence-corrected chi connectivity index (χ0v) is 15.1. The highest BCUT2D eigenvalue weighted by molar-refractivity contribution is 5.98. The van der Waals surface area contributed by atoms with Crippen molar-refractivity contribution >= 4 is 18.0 Å². The minimum atomic E-state index is -1.17. The second kappa shape index (κ2) is 9.97. The molecule has 0 amide bonds. The Bertz CT molecular complexity index is 833. The number of benzene rings is 2. The molecular formula is C22H22O5. The molecule has 0 fully saturated rings. The molecule has 0 aliphatic heterocycles. The Hall–Kier alpha value is -3.34. The van der Waals surface area contributed by atoms with Gasteiger partial charge in [-0.05, 0) is 41.8 Å². The van der Waals surface area contributed by atoms with Gasteiger partial charge in [-0.25, -0.2) is 9.59 Å². The summed E-state index contributed by atoms with van der Waals surface area (Å²) in [5.74, 6) is -1.61. The van der Waals surface area contributed by atoms with Gasteiger partial charge < -0.3 is 14.9 Å². The van der Waals surface area contributed by atoms with Crippen molar-refractivity contribution in [3.63, 3.8) is 0 Å². The van der Waals surface area contributed by atoms with E-state index >= 15 is 0 Å². The van der Waals surface area contributed by atoms with Gasteiger partial charge in [-0.2, -0.15) is 0 Å². The van der Waals surface area contributed by atoms with Gasteiger partial charge in [-0.15, -0.1) is 0 Å². The maximum absolute atomic E-state index is 11.5. The van der Waals surface area contributed by atoms with Crippen LogP contribution in [0.1, 0.15) is 30.9 Å². The summed E-state index contributed by atoms with van der Waals surface area (Å²) in [5.41, 5.74) is 1.71. The van der Waals surface area contributed by atoms with E-state index in [1.807, 2.05) is 37.3 Å². The molecule has 2 N–H and O–H groups in total. The lowest BCUT2D eigenvalue weighted by Crippen LogP contribution is -2.05. The first-order valence-corrected chi connectivity index (χ1v) is 8.65. The second-order valence-corrected chi connectivity index (χ2v) is 5.97. The molecule has 0 spiro atoms. The lowest BCUT2D eigenvalue weighted by Gasteiger charge is -2.07. The Morgan fingerprint density at radius 2 is 1.63 bits per heavy atom. The van der Waals surface area contributed by atoms with E-state index in [2.05, 4.69) is 0 Å². The summed E-state index contributed by atoms with van der Waals surface area (Å²) in [6.07, 6.45) is 3.60. The van der Waals surface area contributed by atoms with E-state index in [0.29, 0.717) is 30.8 Å². The molecule has 2 rings (SSSR count). The molecule has 0 bridgehead atoms. The molecule has 5 heteroatoms. The molecule has 0 unspecified atom stereocenters. The minimum Gasteiger partial charge on any atom is -0.489 e. The van der Waals surface area contributed by atoms with Crippen LogP contribution in [0.15, 0.2) is 71.8 Å². The molecule has 0 radical (unpaired) electrons. The summed E-state index contributed by atoms with van der Waals surface area (Å²) in [6.45, 7) is 2.28. The number of carboxylic acids is 2. The molecule has 140 valence electrons. The van der Waals surface area contributed by atoms with Crippen LogP contribution >= 0.6 is 0 Å². The molecular weight excluding hydrogens is 344 g/mol. The van der Waals surface area contributed by atoms with Crippen molar-refractivity contribution in [2.75, 3.05) is 0 Å². The normalized spacial score (nSPS) is 11.9. The molecule has 0 saturated heterocycles. The number of ether oxygens (including phenoxy) is 1. The predicted molar refractivity (Wildman–Crippen MR) is 103 cm³/mol. The Kier molecular flexibility index (Phi) is 7.37. The Morgan fingerprint density at radius 1 is 0.963 bits per heavy atom. The number of hydrogen-bond acceptors (Lipinski definition) is 3. The highest BCUT2D eigenvalue weighted by Crippen LogP contribution is 2.18. The first-order chi connectivity index (χ1) is 13.0. The van der Waals surface area contributed by atoms with Crippen LogP contribution in [0.5, 0.6) is 5.75 Å². The van der Waals surface area contributed by atoms with Crippen molar-refractivity contribution in [1.82, 2.24) is 0 Å². The van der Waals surface area contributed by atoms with E-state index in [4.69, 9.17) is 4.74 Å². The Labute approximate surface area is 158 Å². The fourth-order valence-electron chi connectivity index (χ4n) is 2.44. The van der Waals surface area contributed by atoms with Crippen molar-refractivity contribution in [2.45, 2.75) is 26.4 Å². The molecule has 0 heterocycles. The summed E-state index contributed by atoms with van der Waals surface area (Å²) >= 11 is 0. The first-order valence-electron chi connectivity index (χ1n) is 8.65. The molecule has 0 atom stereocenters. The SMILES string of the molecule is CCCC(=CC(=Cc1ccc(OCc2ccccc2)cc1)C(=O)O)C(=O)O. The van der Waals surface area contributed by atoms with E-state index < -0.39 is 11.9 Å². The largest absolute Gasteiger partial charge is 0.489 e. The molecule has 2 aromatic carbocycles. The van der Waals surface area contributed by atoms with Crippen molar-refractivity contribution in [3.05, 3.63) is 82.9 Å². The van der Waals surface area contributed by atoms with Gasteiger partial charge in [0.15, 0.2) is 0 Å². The van der Waals surface area contributed by atoms with Gasteiger partial charge in [0.25, 0.3) is 0 Å². The predicted octanol–water partition coefficient (Wildman–Crippen LogP) is 4.54. The van der Waals surface area contributed by atoms with Gasteiger partial charge in [0, 0.05) is 5.57 Å². The standard InChI is InChI=1S/C22H22O5/c1-2-6-18(21(23)24)14-19(22(25)26)13-16-9-11-20(12-10-16)27-15-17-7-4-3-5-8-17/h3-5,7-14H,2,6,15H2,1H3,(H,23,24)(H,25,26). The van der Waals surface area contributed by atoms with E-state index in [1.165, 1.54) is 12.2 Å². The summed E-state index contributed by atoms with van der Waals surface area (Å²) in [4.78, 5) is 22.7. The van der Waals surface area contributed by atoms with Gasteiger partial charge in [0.1, 0.15) is 12.4 Å². The van der Waals surface area contributed by atoms with Crippen molar-refractivity contribution in [2.24, 2.45) is 0 Å². The van der Waals surface area contributed by atoms with Crippen LogP contribution in [0.4, 0.5) is 0 Å². The van der Waals surface area contributed by atoms with Gasteiger partial charge in [-0.1, -0.05) is 55.8 Å². The fourth-order valence-corrected chi connectivity index (χ4v) is 2.44. The van der Waals surface area contributed by atoms with E-state index in [9.17, 15) is 19.8 Å². The van der Waals surface area contributed by atoms with Crippen molar-refractivity contribution in [3.8, 4) is 5.75 Å². The zero-order valence-electron chi connectivity index (χ0n) is 15.1. The van der Waals surface area contributed by atoms with Crippen molar-refractivity contribution < 1.29 is 24.5 Å². The van der Waals surface area contributed by atoms with Crippen LogP contribution in [-0.4, -0.2) is 22.2 Å². The zero-order chi connectivity index (χ0) is 19.6. The third kappa shape index (κ3) is 6.47. The third-order valence-corrected chi connectivity index (χ3v) is 3.82. The summed E-state index contributed by atoms with van der Waals surface area (Å²) in [7, 11) is 0. The van der Waals surface area contributed by atoms with Crippen molar-refractivity contribution in [1.29, 1.82) is 0 Å². The topological polar surface area (TPSA) is 83.8 Å². The van der Waals surface area contributed by atoms with Crippen LogP contribution in [0.3, 0.4) is 0 Å². The molecule has 0 aliphatic carbocycles. The molecule has 0 aliphatic rings. The van der Waals surface area contributed by atoms with Crippen LogP contribution in [0.2, 0.25) is 0 Å². The number of carbonyl (C=O) groups is 2. The summed E-state index contributed by atoms with van der Waals surface area (Å²) < 4.78 is 5.70. The lowest BCUT2D eigenvalue weighted by molar-refractivity contribution is -0.133. The maximum Gasteiger partial charge on any atom is 0.335 e. The van der Waals surface area contributed by atoms with Gasteiger partial charge in [-0.3, -0.25) is 0 Å². The third-order valence-electron chi connectivity index (χ3n) is 3.82. The van der Waals surface area contributed by atoms with Gasteiger partial charge in [0.05, 0.1) is 5.57 Å². The molecule has 2 aromatic rings. The highest BCUT2D eigenvalue weighted by atomic mass is 16.5. The molecule has 27 heavy (non-hydrogen) atoms. The Morgan fingerprint density at radius 3 is 2.19 bits per heavy atom. The highest BCUT2D eigenvalue weighted by Gasteiger charge is 2.11. The minimum absolute atomic E-state index is 0.0706. The number of rotatable bonds is 9. The maximum atomic E-state index is 11.5. The van der Waals surface area contributed by atoms with Gasteiger partial charge in [0.2, 0.25) is 0 Å². The molecule has 5 nitrogen and oxygen atoms in total.